The molecule has 2 unspecified atom stereocenters. The summed E-state index contributed by atoms with van der Waals surface area (Å²) in [6, 6.07) is 4.70. The Kier molecular flexibility index (Phi) is 5.22. The third-order valence-corrected chi connectivity index (χ3v) is 7.07. The van der Waals surface area contributed by atoms with Gasteiger partial charge in [-0.25, -0.2) is 0 Å². The van der Waals surface area contributed by atoms with Crippen LogP contribution < -0.4 is 0 Å². The van der Waals surface area contributed by atoms with Gasteiger partial charge in [0.1, 0.15) is 0 Å². The first-order valence-electron chi connectivity index (χ1n) is 8.31. The maximum atomic E-state index is 12.2. The van der Waals surface area contributed by atoms with E-state index in [0.717, 1.165) is 19.4 Å². The van der Waals surface area contributed by atoms with Crippen molar-refractivity contribution >= 4 is 10.2 Å². The normalized spacial score (nSPS) is 27.3. The Bertz CT molecular complexity index is 645. The highest BCUT2D eigenvalue weighted by Crippen LogP contribution is 2.39. The molecule has 3 rings (SSSR count). The molecule has 2 atom stereocenters. The summed E-state index contributed by atoms with van der Waals surface area (Å²) in [6.45, 7) is 2.04. The van der Waals surface area contributed by atoms with Crippen molar-refractivity contribution in [1.29, 1.82) is 0 Å². The minimum Gasteiger partial charge on any atom is -0.378 e. The molecule has 0 spiro atoms. The summed E-state index contributed by atoms with van der Waals surface area (Å²) in [4.78, 5) is 6.54. The topological polar surface area (TPSA) is 66.0 Å². The molecule has 1 aromatic rings. The zero-order valence-corrected chi connectivity index (χ0v) is 15.3. The van der Waals surface area contributed by atoms with Gasteiger partial charge in [-0.2, -0.15) is 17.0 Å². The minimum absolute atomic E-state index is 0.191. The van der Waals surface area contributed by atoms with E-state index in [0.29, 0.717) is 19.1 Å². The van der Waals surface area contributed by atoms with Crippen LogP contribution in [0.5, 0.6) is 0 Å². The van der Waals surface area contributed by atoms with Gasteiger partial charge < -0.3 is 4.74 Å². The van der Waals surface area contributed by atoms with E-state index < -0.39 is 10.2 Å². The summed E-state index contributed by atoms with van der Waals surface area (Å²) in [5, 5.41) is 0. The van der Waals surface area contributed by atoms with Crippen molar-refractivity contribution in [2.75, 3.05) is 40.8 Å². The van der Waals surface area contributed by atoms with Crippen LogP contribution in [-0.2, 0) is 14.9 Å². The molecule has 134 valence electrons. The molecule has 0 bridgehead atoms. The molecule has 0 radical (unpaired) electrons. The van der Waals surface area contributed by atoms with E-state index in [4.69, 9.17) is 4.74 Å². The second kappa shape index (κ2) is 7.05. The quantitative estimate of drug-likeness (QED) is 0.780. The Balaban J connectivity index is 1.66. The number of ether oxygens (including phenoxy) is 1. The number of nitrogens with zero attached hydrogens (tertiary/aromatic N) is 4. The van der Waals surface area contributed by atoms with Crippen LogP contribution in [0.3, 0.4) is 0 Å². The molecule has 24 heavy (non-hydrogen) atoms. The molecule has 1 aromatic heterocycles. The van der Waals surface area contributed by atoms with E-state index in [9.17, 15) is 8.42 Å². The molecule has 0 N–H and O–H groups in total. The molecule has 2 aliphatic rings. The molecular weight excluding hydrogens is 328 g/mol. The first-order chi connectivity index (χ1) is 11.4. The van der Waals surface area contributed by atoms with Crippen LogP contribution in [0.2, 0.25) is 0 Å². The van der Waals surface area contributed by atoms with Gasteiger partial charge in [-0.15, -0.1) is 0 Å². The smallest absolute Gasteiger partial charge is 0.281 e. The first kappa shape index (κ1) is 17.8. The molecule has 2 aliphatic heterocycles. The van der Waals surface area contributed by atoms with Gasteiger partial charge >= 0.3 is 0 Å². The van der Waals surface area contributed by atoms with E-state index in [-0.39, 0.29) is 12.1 Å². The standard InChI is InChI=1S/C16H26N4O3S/c1-18(2)24(21,22)19-10-6-14(7-11-19)20-12-15(23-3)16(20)13-4-8-17-9-5-13/h4-5,8-9,14-16H,6-7,10-12H2,1-3H3. The van der Waals surface area contributed by atoms with Crippen molar-refractivity contribution in [3.63, 3.8) is 0 Å². The summed E-state index contributed by atoms with van der Waals surface area (Å²) >= 11 is 0. The number of rotatable bonds is 5. The van der Waals surface area contributed by atoms with Crippen LogP contribution in [-0.4, -0.2) is 79.9 Å². The van der Waals surface area contributed by atoms with Gasteiger partial charge in [-0.3, -0.25) is 9.88 Å². The van der Waals surface area contributed by atoms with E-state index in [1.807, 2.05) is 24.5 Å². The van der Waals surface area contributed by atoms with Crippen LogP contribution in [0.4, 0.5) is 0 Å². The Labute approximate surface area is 144 Å². The molecule has 7 nitrogen and oxygen atoms in total. The van der Waals surface area contributed by atoms with Gasteiger partial charge in [-0.05, 0) is 30.5 Å². The number of piperidine rings is 1. The van der Waals surface area contributed by atoms with Gasteiger partial charge in [0.25, 0.3) is 10.2 Å². The number of pyridine rings is 1. The molecule has 8 heteroatoms. The number of likely N-dealkylation sites (tertiary alicyclic amines) is 1. The van der Waals surface area contributed by atoms with Crippen LogP contribution in [0, 0.1) is 0 Å². The highest BCUT2D eigenvalue weighted by molar-refractivity contribution is 7.86. The predicted octanol–water partition coefficient (Wildman–Crippen LogP) is 0.724. The molecule has 0 aromatic carbocycles. The highest BCUT2D eigenvalue weighted by Gasteiger charge is 2.45. The van der Waals surface area contributed by atoms with E-state index in [2.05, 4.69) is 9.88 Å². The zero-order chi connectivity index (χ0) is 17.3. The third-order valence-electron chi connectivity index (χ3n) is 5.13. The van der Waals surface area contributed by atoms with Crippen molar-refractivity contribution in [3.8, 4) is 0 Å². The summed E-state index contributed by atoms with van der Waals surface area (Å²) in [5.41, 5.74) is 1.21. The van der Waals surface area contributed by atoms with Crippen LogP contribution in [0.15, 0.2) is 24.5 Å². The fourth-order valence-electron chi connectivity index (χ4n) is 3.68. The molecule has 2 saturated heterocycles. The average Bonchev–Trinajstić information content (AvgIpc) is 2.55. The number of hydrogen-bond acceptors (Lipinski definition) is 5. The molecule has 0 amide bonds. The van der Waals surface area contributed by atoms with Gasteiger partial charge in [0.15, 0.2) is 0 Å². The summed E-state index contributed by atoms with van der Waals surface area (Å²) in [5.74, 6) is 0. The van der Waals surface area contributed by atoms with E-state index >= 15 is 0 Å². The summed E-state index contributed by atoms with van der Waals surface area (Å²) in [7, 11) is 1.61. The lowest BCUT2D eigenvalue weighted by molar-refractivity contribution is -0.114. The van der Waals surface area contributed by atoms with Crippen molar-refractivity contribution < 1.29 is 13.2 Å². The Morgan fingerprint density at radius 3 is 2.38 bits per heavy atom. The van der Waals surface area contributed by atoms with E-state index in [1.165, 1.54) is 9.87 Å². The maximum absolute atomic E-state index is 12.2. The van der Waals surface area contributed by atoms with Crippen molar-refractivity contribution in [3.05, 3.63) is 30.1 Å². The zero-order valence-electron chi connectivity index (χ0n) is 14.5. The van der Waals surface area contributed by atoms with Gasteiger partial charge in [0, 0.05) is 59.3 Å². The van der Waals surface area contributed by atoms with Crippen LogP contribution in [0.25, 0.3) is 0 Å². The van der Waals surface area contributed by atoms with Crippen LogP contribution in [0.1, 0.15) is 24.4 Å². The van der Waals surface area contributed by atoms with Gasteiger partial charge in [-0.1, -0.05) is 0 Å². The second-order valence-corrected chi connectivity index (χ2v) is 8.76. The lowest BCUT2D eigenvalue weighted by Gasteiger charge is -2.53. The molecule has 2 fully saturated rings. The largest absolute Gasteiger partial charge is 0.378 e. The third kappa shape index (κ3) is 3.21. The first-order valence-corrected chi connectivity index (χ1v) is 9.71. The second-order valence-electron chi connectivity index (χ2n) is 6.62. The van der Waals surface area contributed by atoms with Crippen molar-refractivity contribution in [2.24, 2.45) is 0 Å². The summed E-state index contributed by atoms with van der Waals surface area (Å²) in [6.07, 6.45) is 5.52. The number of hydrogen-bond donors (Lipinski definition) is 0. The number of methoxy groups -OCH3 is 1. The van der Waals surface area contributed by atoms with Crippen molar-refractivity contribution in [2.45, 2.75) is 31.0 Å². The fraction of sp³-hybridized carbons (Fsp3) is 0.688. The minimum atomic E-state index is -3.30. The highest BCUT2D eigenvalue weighted by atomic mass is 32.2. The lowest BCUT2D eigenvalue weighted by atomic mass is 9.87. The van der Waals surface area contributed by atoms with Crippen LogP contribution >= 0.6 is 0 Å². The number of aromatic nitrogens is 1. The maximum Gasteiger partial charge on any atom is 0.281 e. The monoisotopic (exact) mass is 354 g/mol. The Hall–Kier alpha value is -1.06. The Morgan fingerprint density at radius 2 is 1.83 bits per heavy atom. The Morgan fingerprint density at radius 1 is 1.21 bits per heavy atom. The molecular formula is C16H26N4O3S. The lowest BCUT2D eigenvalue weighted by Crippen LogP contribution is -2.60. The molecule has 0 aliphatic carbocycles. The van der Waals surface area contributed by atoms with Crippen molar-refractivity contribution in [1.82, 2.24) is 18.5 Å². The molecule has 0 saturated carbocycles. The fourth-order valence-corrected chi connectivity index (χ4v) is 4.81. The van der Waals surface area contributed by atoms with Gasteiger partial charge in [0.05, 0.1) is 12.1 Å². The summed E-state index contributed by atoms with van der Waals surface area (Å²) < 4.78 is 33.0. The average molecular weight is 354 g/mol. The molecule has 3 heterocycles. The van der Waals surface area contributed by atoms with E-state index in [1.54, 1.807) is 25.5 Å². The predicted molar refractivity (Wildman–Crippen MR) is 91.7 cm³/mol. The SMILES string of the molecule is COC1CN(C2CCN(S(=O)(=O)N(C)C)CC2)C1c1ccncc1. The van der Waals surface area contributed by atoms with Gasteiger partial charge in [0.2, 0.25) is 0 Å².